The van der Waals surface area contributed by atoms with Crippen molar-refractivity contribution >= 4 is 44.3 Å². The molecule has 0 spiro atoms. The van der Waals surface area contributed by atoms with Crippen LogP contribution in [0.1, 0.15) is 43.4 Å². The second kappa shape index (κ2) is 9.03. The Morgan fingerprint density at radius 3 is 2.65 bits per heavy atom. The van der Waals surface area contributed by atoms with Crippen molar-refractivity contribution in [3.63, 3.8) is 0 Å². The molecule has 0 aliphatic rings. The molecule has 10 heteroatoms. The minimum atomic E-state index is -0.747. The van der Waals surface area contributed by atoms with E-state index < -0.39 is 17.6 Å². The number of carbonyl (C=O) groups is 2. The molecule has 0 aliphatic heterocycles. The Hall–Kier alpha value is -4.10. The molecular formula is C24H18BrFN6O2. The van der Waals surface area contributed by atoms with Gasteiger partial charge in [0.2, 0.25) is 0 Å². The summed E-state index contributed by atoms with van der Waals surface area (Å²) in [5, 5.41) is 16.8. The number of nitrogens with one attached hydrogen (secondary N) is 1. The monoisotopic (exact) mass is 520 g/mol. The van der Waals surface area contributed by atoms with E-state index in [-0.39, 0.29) is 23.4 Å². The van der Waals surface area contributed by atoms with Crippen molar-refractivity contribution < 1.29 is 14.0 Å². The molecule has 0 unspecified atom stereocenters. The Morgan fingerprint density at radius 1 is 1.21 bits per heavy atom. The van der Waals surface area contributed by atoms with E-state index in [0.717, 1.165) is 4.47 Å². The van der Waals surface area contributed by atoms with E-state index in [1.54, 1.807) is 36.7 Å². The minimum Gasteiger partial charge on any atom is -0.364 e. The Kier molecular flexibility index (Phi) is 6.13. The van der Waals surface area contributed by atoms with Gasteiger partial charge in [-0.1, -0.05) is 22.0 Å². The van der Waals surface area contributed by atoms with Gasteiger partial charge in [-0.15, -0.1) is 0 Å². The van der Waals surface area contributed by atoms with Crippen LogP contribution in [0.3, 0.4) is 0 Å². The molecule has 2 amide bonds. The van der Waals surface area contributed by atoms with E-state index in [9.17, 15) is 14.0 Å². The fraction of sp³-hybridized carbons (Fsp3) is 0.125. The van der Waals surface area contributed by atoms with E-state index in [2.05, 4.69) is 31.3 Å². The third-order valence-electron chi connectivity index (χ3n) is 5.39. The molecule has 0 saturated heterocycles. The van der Waals surface area contributed by atoms with Crippen LogP contribution >= 0.6 is 15.9 Å². The number of hydrogen-bond acceptors (Lipinski definition) is 5. The number of anilines is 1. The Balaban J connectivity index is 1.69. The molecule has 0 saturated carbocycles. The summed E-state index contributed by atoms with van der Waals surface area (Å²) in [6.07, 6.45) is 0. The summed E-state index contributed by atoms with van der Waals surface area (Å²) in [7, 11) is 0. The highest BCUT2D eigenvalue weighted by Crippen LogP contribution is 2.26. The molecule has 2 aromatic carbocycles. The molecule has 0 fully saturated rings. The van der Waals surface area contributed by atoms with Crippen molar-refractivity contribution in [2.75, 3.05) is 5.32 Å². The molecule has 0 radical (unpaired) electrons. The van der Waals surface area contributed by atoms with E-state index in [1.165, 1.54) is 24.3 Å². The number of aromatic nitrogens is 3. The number of nitriles is 1. The molecule has 3 N–H and O–H groups in total. The number of nitrogens with zero attached hydrogens (tertiary/aromatic N) is 4. The van der Waals surface area contributed by atoms with E-state index in [0.29, 0.717) is 33.5 Å². The van der Waals surface area contributed by atoms with Crippen molar-refractivity contribution in [3.05, 3.63) is 86.5 Å². The third kappa shape index (κ3) is 4.38. The van der Waals surface area contributed by atoms with Gasteiger partial charge in [0.05, 0.1) is 46.3 Å². The quantitative estimate of drug-likeness (QED) is 0.407. The fourth-order valence-corrected chi connectivity index (χ4v) is 3.99. The van der Waals surface area contributed by atoms with Crippen LogP contribution < -0.4 is 11.1 Å². The minimum absolute atomic E-state index is 0.0274. The largest absolute Gasteiger partial charge is 0.364 e. The lowest BCUT2D eigenvalue weighted by Gasteiger charge is -2.11. The van der Waals surface area contributed by atoms with Crippen LogP contribution in [-0.2, 0) is 6.54 Å². The molecule has 0 bridgehead atoms. The maximum absolute atomic E-state index is 14.4. The van der Waals surface area contributed by atoms with Crippen molar-refractivity contribution in [3.8, 4) is 6.07 Å². The average Bonchev–Trinajstić information content (AvgIpc) is 3.06. The number of primary amides is 1. The molecule has 170 valence electrons. The van der Waals surface area contributed by atoms with Crippen LogP contribution in [0.2, 0.25) is 0 Å². The topological polar surface area (TPSA) is 127 Å². The lowest BCUT2D eigenvalue weighted by molar-refractivity contribution is 0.0996. The molecule has 4 rings (SSSR count). The highest BCUT2D eigenvalue weighted by molar-refractivity contribution is 9.10. The summed E-state index contributed by atoms with van der Waals surface area (Å²) < 4.78 is 16.7. The van der Waals surface area contributed by atoms with E-state index in [1.807, 2.05) is 6.07 Å². The molecule has 8 nitrogen and oxygen atoms in total. The van der Waals surface area contributed by atoms with Gasteiger partial charge < -0.3 is 11.1 Å². The summed E-state index contributed by atoms with van der Waals surface area (Å²) in [6.45, 7) is 3.61. The summed E-state index contributed by atoms with van der Waals surface area (Å²) in [6, 6.07) is 12.7. The van der Waals surface area contributed by atoms with Crippen LogP contribution in [0.25, 0.3) is 10.9 Å². The standard InChI is InChI=1S/C24H18BrFN6O2/c1-12-22(13(2)32(31-12)11-15-4-3-14(10-27)7-19(15)26)30-24(34)18-9-21(23(28)33)29-20-6-5-16(25)8-17(18)20/h3-9H,11H2,1-2H3,(H2,28,33)(H,30,34). The van der Waals surface area contributed by atoms with Gasteiger partial charge in [0.1, 0.15) is 11.5 Å². The number of benzene rings is 2. The van der Waals surface area contributed by atoms with Gasteiger partial charge in [-0.25, -0.2) is 9.37 Å². The molecule has 2 heterocycles. The zero-order chi connectivity index (χ0) is 24.6. The lowest BCUT2D eigenvalue weighted by atomic mass is 10.1. The predicted octanol–water partition coefficient (Wildman–Crippen LogP) is 4.22. The van der Waals surface area contributed by atoms with Gasteiger partial charge in [-0.2, -0.15) is 10.4 Å². The molecule has 2 aromatic heterocycles. The number of pyridine rings is 1. The maximum Gasteiger partial charge on any atom is 0.267 e. The highest BCUT2D eigenvalue weighted by Gasteiger charge is 2.20. The number of rotatable bonds is 5. The first-order valence-corrected chi connectivity index (χ1v) is 10.9. The maximum atomic E-state index is 14.4. The predicted molar refractivity (Wildman–Crippen MR) is 128 cm³/mol. The van der Waals surface area contributed by atoms with Gasteiger partial charge >= 0.3 is 0 Å². The number of carbonyl (C=O) groups excluding carboxylic acids is 2. The first-order valence-electron chi connectivity index (χ1n) is 10.1. The summed E-state index contributed by atoms with van der Waals surface area (Å²) in [5.41, 5.74) is 8.27. The van der Waals surface area contributed by atoms with Gasteiger partial charge in [0, 0.05) is 15.4 Å². The van der Waals surface area contributed by atoms with Crippen molar-refractivity contribution in [1.82, 2.24) is 14.8 Å². The van der Waals surface area contributed by atoms with Crippen LogP contribution in [-0.4, -0.2) is 26.6 Å². The first-order chi connectivity index (χ1) is 16.2. The third-order valence-corrected chi connectivity index (χ3v) is 5.88. The average molecular weight is 521 g/mol. The number of nitrogens with two attached hydrogens (primary N) is 1. The number of amides is 2. The summed E-state index contributed by atoms with van der Waals surface area (Å²) in [5.74, 6) is -1.73. The first kappa shape index (κ1) is 23.1. The van der Waals surface area contributed by atoms with E-state index in [4.69, 9.17) is 11.0 Å². The van der Waals surface area contributed by atoms with Crippen LogP contribution in [0.5, 0.6) is 0 Å². The van der Waals surface area contributed by atoms with Crippen molar-refractivity contribution in [2.24, 2.45) is 5.73 Å². The number of halogens is 2. The Labute approximate surface area is 202 Å². The number of hydrogen-bond donors (Lipinski definition) is 2. The molecule has 34 heavy (non-hydrogen) atoms. The van der Waals surface area contributed by atoms with Gasteiger partial charge in [0.25, 0.3) is 11.8 Å². The van der Waals surface area contributed by atoms with E-state index >= 15 is 0 Å². The zero-order valence-corrected chi connectivity index (χ0v) is 19.8. The normalized spacial score (nSPS) is 10.8. The highest BCUT2D eigenvalue weighted by atomic mass is 79.9. The molecule has 0 aliphatic carbocycles. The Bertz CT molecular complexity index is 1520. The van der Waals surface area contributed by atoms with Gasteiger partial charge in [-0.3, -0.25) is 14.3 Å². The Morgan fingerprint density at radius 2 is 1.97 bits per heavy atom. The molecular weight excluding hydrogens is 503 g/mol. The van der Waals surface area contributed by atoms with Crippen LogP contribution in [0.15, 0.2) is 46.9 Å². The number of aryl methyl sites for hydroxylation is 1. The lowest BCUT2D eigenvalue weighted by Crippen LogP contribution is -2.18. The second-order valence-corrected chi connectivity index (χ2v) is 8.57. The van der Waals surface area contributed by atoms with Crippen molar-refractivity contribution in [1.29, 1.82) is 5.26 Å². The summed E-state index contributed by atoms with van der Waals surface area (Å²) >= 11 is 3.39. The molecule has 4 aromatic rings. The smallest absolute Gasteiger partial charge is 0.267 e. The number of fused-ring (bicyclic) bond motifs is 1. The van der Waals surface area contributed by atoms with Crippen LogP contribution in [0, 0.1) is 31.0 Å². The van der Waals surface area contributed by atoms with Crippen LogP contribution in [0.4, 0.5) is 10.1 Å². The fourth-order valence-electron chi connectivity index (χ4n) is 3.63. The van der Waals surface area contributed by atoms with Gasteiger partial charge in [-0.05, 0) is 50.2 Å². The van der Waals surface area contributed by atoms with Crippen molar-refractivity contribution in [2.45, 2.75) is 20.4 Å². The SMILES string of the molecule is Cc1nn(Cc2ccc(C#N)cc2F)c(C)c1NC(=O)c1cc(C(N)=O)nc2ccc(Br)cc12. The van der Waals surface area contributed by atoms with Gasteiger partial charge in [0.15, 0.2) is 0 Å². The zero-order valence-electron chi connectivity index (χ0n) is 18.2. The second-order valence-electron chi connectivity index (χ2n) is 7.66. The summed E-state index contributed by atoms with van der Waals surface area (Å²) in [4.78, 5) is 29.3. The molecule has 0 atom stereocenters.